The van der Waals surface area contributed by atoms with Crippen LogP contribution in [0.1, 0.15) is 12.8 Å². The second-order valence-corrected chi connectivity index (χ2v) is 6.73. The van der Waals surface area contributed by atoms with E-state index in [-0.39, 0.29) is 18.6 Å². The van der Waals surface area contributed by atoms with Crippen LogP contribution in [0.3, 0.4) is 0 Å². The number of hydrogen-bond acceptors (Lipinski definition) is 5. The van der Waals surface area contributed by atoms with Gasteiger partial charge in [-0.3, -0.25) is 9.78 Å². The van der Waals surface area contributed by atoms with Crippen molar-refractivity contribution in [2.45, 2.75) is 23.8 Å². The third-order valence-corrected chi connectivity index (χ3v) is 5.03. The van der Waals surface area contributed by atoms with Crippen LogP contribution >= 0.6 is 0 Å². The Hall–Kier alpha value is -1.45. The molecule has 1 aromatic heterocycles. The fourth-order valence-electron chi connectivity index (χ4n) is 2.07. The van der Waals surface area contributed by atoms with Gasteiger partial charge in [-0.2, -0.15) is 0 Å². The van der Waals surface area contributed by atoms with Crippen molar-refractivity contribution >= 4 is 10.0 Å². The second-order valence-electron chi connectivity index (χ2n) is 4.71. The first-order valence-corrected chi connectivity index (χ1v) is 7.21. The predicted molar refractivity (Wildman–Crippen MR) is 66.2 cm³/mol. The van der Waals surface area contributed by atoms with Gasteiger partial charge in [0.05, 0.1) is 6.10 Å². The Kier molecular flexibility index (Phi) is 3.61. The zero-order chi connectivity index (χ0) is 14.2. The summed E-state index contributed by atoms with van der Waals surface area (Å²) in [5, 5.41) is 9.16. The summed E-state index contributed by atoms with van der Waals surface area (Å²) in [6.07, 6.45) is 1.64. The molecule has 1 aromatic rings. The first kappa shape index (κ1) is 14.0. The van der Waals surface area contributed by atoms with Crippen LogP contribution in [0.2, 0.25) is 0 Å². The van der Waals surface area contributed by atoms with Gasteiger partial charge in [0.15, 0.2) is 4.90 Å². The van der Waals surface area contributed by atoms with Gasteiger partial charge < -0.3 is 10.1 Å². The largest absolute Gasteiger partial charge is 0.393 e. The van der Waals surface area contributed by atoms with E-state index in [4.69, 9.17) is 5.11 Å². The minimum atomic E-state index is -3.94. The van der Waals surface area contributed by atoms with Crippen molar-refractivity contribution < 1.29 is 13.5 Å². The lowest BCUT2D eigenvalue weighted by Gasteiger charge is -2.33. The van der Waals surface area contributed by atoms with Gasteiger partial charge in [0.25, 0.3) is 5.56 Å². The zero-order valence-corrected chi connectivity index (χ0v) is 11.1. The molecule has 0 amide bonds. The van der Waals surface area contributed by atoms with Crippen molar-refractivity contribution in [2.75, 3.05) is 13.6 Å². The van der Waals surface area contributed by atoms with E-state index in [1.54, 1.807) is 0 Å². The highest BCUT2D eigenvalue weighted by Gasteiger charge is 2.32. The summed E-state index contributed by atoms with van der Waals surface area (Å²) in [7, 11) is -2.57. The van der Waals surface area contributed by atoms with Gasteiger partial charge in [-0.15, -0.1) is 0 Å². The predicted octanol–water partition coefficient (Wildman–Crippen LogP) is -1.55. The molecule has 0 atom stereocenters. The first-order valence-electron chi connectivity index (χ1n) is 5.77. The number of nitrogens with one attached hydrogen (secondary N) is 2. The van der Waals surface area contributed by atoms with Crippen LogP contribution in [0.4, 0.5) is 0 Å². The fourth-order valence-corrected chi connectivity index (χ4v) is 3.30. The minimum Gasteiger partial charge on any atom is -0.393 e. The Morgan fingerprint density at radius 1 is 1.42 bits per heavy atom. The minimum absolute atomic E-state index is 0.0941. The molecule has 0 aliphatic heterocycles. The molecule has 1 saturated carbocycles. The highest BCUT2D eigenvalue weighted by atomic mass is 32.2. The molecule has 0 aromatic carbocycles. The number of H-pyrrole nitrogens is 2. The van der Waals surface area contributed by atoms with Crippen molar-refractivity contribution in [3.8, 4) is 0 Å². The van der Waals surface area contributed by atoms with Gasteiger partial charge >= 0.3 is 5.69 Å². The molecule has 1 aliphatic carbocycles. The average Bonchev–Trinajstić information content (AvgIpc) is 2.26. The Balaban J connectivity index is 2.21. The molecular weight excluding hydrogens is 274 g/mol. The van der Waals surface area contributed by atoms with Crippen molar-refractivity contribution in [2.24, 2.45) is 5.92 Å². The van der Waals surface area contributed by atoms with Crippen LogP contribution in [0.15, 0.2) is 20.7 Å². The normalized spacial score (nSPS) is 23.3. The van der Waals surface area contributed by atoms with Gasteiger partial charge in [-0.1, -0.05) is 0 Å². The number of aromatic amines is 2. The zero-order valence-electron chi connectivity index (χ0n) is 10.3. The molecule has 0 bridgehead atoms. The van der Waals surface area contributed by atoms with Gasteiger partial charge in [-0.25, -0.2) is 17.5 Å². The summed E-state index contributed by atoms with van der Waals surface area (Å²) in [6.45, 7) is 0.234. The Labute approximate surface area is 109 Å². The highest BCUT2D eigenvalue weighted by Crippen LogP contribution is 2.28. The molecule has 3 N–H and O–H groups in total. The van der Waals surface area contributed by atoms with E-state index in [1.807, 2.05) is 4.98 Å². The van der Waals surface area contributed by atoms with E-state index in [2.05, 4.69) is 4.98 Å². The van der Waals surface area contributed by atoms with Crippen LogP contribution in [-0.4, -0.2) is 47.5 Å². The Bertz CT molecular complexity index is 671. The molecule has 0 spiro atoms. The van der Waals surface area contributed by atoms with Gasteiger partial charge in [-0.05, 0) is 18.8 Å². The topological polar surface area (TPSA) is 123 Å². The van der Waals surface area contributed by atoms with E-state index < -0.39 is 26.2 Å². The fraction of sp³-hybridized carbons (Fsp3) is 0.600. The monoisotopic (exact) mass is 289 g/mol. The molecule has 2 rings (SSSR count). The molecule has 1 aliphatic rings. The van der Waals surface area contributed by atoms with Crippen molar-refractivity contribution in [3.05, 3.63) is 27.0 Å². The van der Waals surface area contributed by atoms with E-state index in [0.717, 1.165) is 10.5 Å². The SMILES string of the molecule is CN(CC1CC(O)C1)S(=O)(=O)c1c[nH]c(=O)[nH]c1=O. The number of nitrogens with zero attached hydrogens (tertiary/aromatic N) is 1. The molecule has 0 radical (unpaired) electrons. The summed E-state index contributed by atoms with van der Waals surface area (Å²) < 4.78 is 25.3. The van der Waals surface area contributed by atoms with Crippen molar-refractivity contribution in [3.63, 3.8) is 0 Å². The molecule has 19 heavy (non-hydrogen) atoms. The van der Waals surface area contributed by atoms with E-state index in [0.29, 0.717) is 12.8 Å². The number of aromatic nitrogens is 2. The number of sulfonamides is 1. The van der Waals surface area contributed by atoms with Crippen LogP contribution in [-0.2, 0) is 10.0 Å². The van der Waals surface area contributed by atoms with Crippen molar-refractivity contribution in [1.29, 1.82) is 0 Å². The van der Waals surface area contributed by atoms with Gasteiger partial charge in [0, 0.05) is 19.8 Å². The average molecular weight is 289 g/mol. The molecule has 0 saturated heterocycles. The van der Waals surface area contributed by atoms with Crippen LogP contribution in [0, 0.1) is 5.92 Å². The Morgan fingerprint density at radius 2 is 2.05 bits per heavy atom. The third-order valence-electron chi connectivity index (χ3n) is 3.20. The lowest BCUT2D eigenvalue weighted by atomic mass is 9.82. The first-order chi connectivity index (χ1) is 8.80. The van der Waals surface area contributed by atoms with E-state index in [9.17, 15) is 18.0 Å². The molecule has 0 unspecified atom stereocenters. The number of aliphatic hydroxyl groups excluding tert-OH is 1. The number of hydrogen-bond donors (Lipinski definition) is 3. The standard InChI is InChI=1S/C10H15N3O5S/c1-13(5-6-2-7(14)3-6)19(17,18)8-4-11-10(16)12-9(8)15/h4,6-7,14H,2-3,5H2,1H3,(H2,11,12,15,16). The molecule has 106 valence electrons. The van der Waals surface area contributed by atoms with Crippen molar-refractivity contribution in [1.82, 2.24) is 14.3 Å². The molecular formula is C10H15N3O5S. The van der Waals surface area contributed by atoms with Gasteiger partial charge in [0.1, 0.15) is 0 Å². The van der Waals surface area contributed by atoms with E-state index >= 15 is 0 Å². The Morgan fingerprint density at radius 3 is 2.58 bits per heavy atom. The van der Waals surface area contributed by atoms with Gasteiger partial charge in [0.2, 0.25) is 10.0 Å². The summed E-state index contributed by atoms with van der Waals surface area (Å²) in [6, 6.07) is 0. The lowest BCUT2D eigenvalue weighted by Crippen LogP contribution is -2.41. The van der Waals surface area contributed by atoms with Crippen LogP contribution < -0.4 is 11.2 Å². The summed E-state index contributed by atoms with van der Waals surface area (Å²) in [5.74, 6) is 0.0941. The summed E-state index contributed by atoms with van der Waals surface area (Å²) >= 11 is 0. The smallest absolute Gasteiger partial charge is 0.325 e. The maximum Gasteiger partial charge on any atom is 0.325 e. The van der Waals surface area contributed by atoms with Crippen LogP contribution in [0.25, 0.3) is 0 Å². The lowest BCUT2D eigenvalue weighted by molar-refractivity contribution is 0.0367. The van der Waals surface area contributed by atoms with E-state index in [1.165, 1.54) is 7.05 Å². The van der Waals surface area contributed by atoms with Crippen LogP contribution in [0.5, 0.6) is 0 Å². The number of aliphatic hydroxyl groups is 1. The molecule has 1 heterocycles. The third kappa shape index (κ3) is 2.77. The number of rotatable bonds is 4. The maximum atomic E-state index is 12.1. The summed E-state index contributed by atoms with van der Waals surface area (Å²) in [5.41, 5.74) is -1.70. The highest BCUT2D eigenvalue weighted by molar-refractivity contribution is 7.89. The second kappa shape index (κ2) is 4.91. The quantitative estimate of drug-likeness (QED) is 0.619. The summed E-state index contributed by atoms with van der Waals surface area (Å²) in [4.78, 5) is 25.9. The molecule has 1 fully saturated rings. The molecule has 9 heteroatoms. The maximum absolute atomic E-state index is 12.1. The molecule has 8 nitrogen and oxygen atoms in total.